The SMILES string of the molecule is COc1ccc(C(C)N2Cc3c(ccc(Cl)c3C)C2CN)cc1. The number of fused-ring (bicyclic) bond motifs is 1. The zero-order valence-corrected chi connectivity index (χ0v) is 14.6. The third kappa shape index (κ3) is 2.85. The van der Waals surface area contributed by atoms with E-state index in [1.165, 1.54) is 22.3 Å². The molecule has 2 N–H and O–H groups in total. The first-order chi connectivity index (χ1) is 11.1. The van der Waals surface area contributed by atoms with E-state index in [0.717, 1.165) is 17.3 Å². The molecule has 0 radical (unpaired) electrons. The average Bonchev–Trinajstić information content (AvgIpc) is 2.97. The Hall–Kier alpha value is -1.55. The maximum Gasteiger partial charge on any atom is 0.118 e. The third-order valence-electron chi connectivity index (χ3n) is 4.99. The Bertz CT molecular complexity index is 699. The summed E-state index contributed by atoms with van der Waals surface area (Å²) in [7, 11) is 1.69. The van der Waals surface area contributed by atoms with Crippen molar-refractivity contribution in [2.24, 2.45) is 5.73 Å². The molecule has 0 aliphatic carbocycles. The van der Waals surface area contributed by atoms with E-state index in [1.807, 2.05) is 18.2 Å². The van der Waals surface area contributed by atoms with Crippen LogP contribution in [0.25, 0.3) is 0 Å². The maximum absolute atomic E-state index is 6.30. The summed E-state index contributed by atoms with van der Waals surface area (Å²) >= 11 is 6.30. The molecule has 122 valence electrons. The predicted octanol–water partition coefficient (Wildman–Crippen LogP) is 4.23. The van der Waals surface area contributed by atoms with E-state index in [9.17, 15) is 0 Å². The highest BCUT2D eigenvalue weighted by Gasteiger charge is 2.34. The number of nitrogens with zero attached hydrogens (tertiary/aromatic N) is 1. The topological polar surface area (TPSA) is 38.5 Å². The lowest BCUT2D eigenvalue weighted by Gasteiger charge is -2.30. The number of methoxy groups -OCH3 is 1. The van der Waals surface area contributed by atoms with Gasteiger partial charge in [0.25, 0.3) is 0 Å². The second-order valence-corrected chi connectivity index (χ2v) is 6.52. The fourth-order valence-corrected chi connectivity index (χ4v) is 3.66. The van der Waals surface area contributed by atoms with Crippen molar-refractivity contribution >= 4 is 11.6 Å². The van der Waals surface area contributed by atoms with E-state index in [1.54, 1.807) is 7.11 Å². The quantitative estimate of drug-likeness (QED) is 0.911. The molecule has 0 saturated heterocycles. The van der Waals surface area contributed by atoms with Gasteiger partial charge in [-0.3, -0.25) is 4.90 Å². The fourth-order valence-electron chi connectivity index (χ4n) is 3.49. The highest BCUT2D eigenvalue weighted by atomic mass is 35.5. The van der Waals surface area contributed by atoms with Crippen molar-refractivity contribution < 1.29 is 4.74 Å². The third-order valence-corrected chi connectivity index (χ3v) is 5.40. The van der Waals surface area contributed by atoms with Gasteiger partial charge in [-0.2, -0.15) is 0 Å². The maximum atomic E-state index is 6.30. The summed E-state index contributed by atoms with van der Waals surface area (Å²) in [5.74, 6) is 0.878. The zero-order chi connectivity index (χ0) is 16.6. The Morgan fingerprint density at radius 1 is 1.26 bits per heavy atom. The van der Waals surface area contributed by atoms with E-state index in [2.05, 4.69) is 36.9 Å². The molecule has 4 heteroatoms. The smallest absolute Gasteiger partial charge is 0.118 e. The minimum Gasteiger partial charge on any atom is -0.497 e. The lowest BCUT2D eigenvalue weighted by atomic mass is 10.0. The van der Waals surface area contributed by atoms with E-state index < -0.39 is 0 Å². The molecule has 1 aliphatic heterocycles. The lowest BCUT2D eigenvalue weighted by molar-refractivity contribution is 0.161. The molecule has 3 rings (SSSR count). The van der Waals surface area contributed by atoms with Crippen LogP contribution in [-0.4, -0.2) is 18.6 Å². The van der Waals surface area contributed by atoms with Crippen LogP contribution in [0.4, 0.5) is 0 Å². The summed E-state index contributed by atoms with van der Waals surface area (Å²) in [5, 5.41) is 0.832. The summed E-state index contributed by atoms with van der Waals surface area (Å²) in [4.78, 5) is 2.45. The molecule has 0 amide bonds. The molecule has 2 unspecified atom stereocenters. The van der Waals surface area contributed by atoms with Crippen molar-refractivity contribution in [1.29, 1.82) is 0 Å². The van der Waals surface area contributed by atoms with E-state index in [0.29, 0.717) is 6.54 Å². The lowest BCUT2D eigenvalue weighted by Crippen LogP contribution is -2.30. The van der Waals surface area contributed by atoms with Crippen molar-refractivity contribution in [1.82, 2.24) is 4.90 Å². The number of hydrogen-bond acceptors (Lipinski definition) is 3. The van der Waals surface area contributed by atoms with E-state index in [-0.39, 0.29) is 12.1 Å². The summed E-state index contributed by atoms with van der Waals surface area (Å²) in [6, 6.07) is 12.9. The van der Waals surface area contributed by atoms with Crippen molar-refractivity contribution in [3.63, 3.8) is 0 Å². The van der Waals surface area contributed by atoms with Crippen molar-refractivity contribution in [2.45, 2.75) is 32.5 Å². The first-order valence-corrected chi connectivity index (χ1v) is 8.32. The second kappa shape index (κ2) is 6.52. The van der Waals surface area contributed by atoms with Crippen LogP contribution in [0.3, 0.4) is 0 Å². The molecule has 0 aromatic heterocycles. The van der Waals surface area contributed by atoms with Crippen LogP contribution >= 0.6 is 11.6 Å². The second-order valence-electron chi connectivity index (χ2n) is 6.11. The highest BCUT2D eigenvalue weighted by molar-refractivity contribution is 6.31. The molecule has 2 aromatic carbocycles. The number of ether oxygens (including phenoxy) is 1. The number of rotatable bonds is 4. The monoisotopic (exact) mass is 330 g/mol. The van der Waals surface area contributed by atoms with Gasteiger partial charge in [0, 0.05) is 30.2 Å². The van der Waals surface area contributed by atoms with Gasteiger partial charge in [0.1, 0.15) is 5.75 Å². The molecule has 2 atom stereocenters. The first-order valence-electron chi connectivity index (χ1n) is 7.94. The standard InChI is InChI=1S/C19H23ClN2O/c1-12-17-11-22(19(10-21)16(17)8-9-18(12)20)13(2)14-4-6-15(23-3)7-5-14/h4-9,13,19H,10-11,21H2,1-3H3. The van der Waals surface area contributed by atoms with Gasteiger partial charge in [0.2, 0.25) is 0 Å². The zero-order valence-electron chi connectivity index (χ0n) is 13.8. The van der Waals surface area contributed by atoms with Crippen LogP contribution in [0, 0.1) is 6.92 Å². The van der Waals surface area contributed by atoms with Gasteiger partial charge in [-0.1, -0.05) is 29.8 Å². The molecule has 0 spiro atoms. The van der Waals surface area contributed by atoms with Crippen LogP contribution < -0.4 is 10.5 Å². The van der Waals surface area contributed by atoms with Gasteiger partial charge >= 0.3 is 0 Å². The van der Waals surface area contributed by atoms with E-state index >= 15 is 0 Å². The average molecular weight is 331 g/mol. The summed E-state index contributed by atoms with van der Waals surface area (Å²) in [6.45, 7) is 5.81. The van der Waals surface area contributed by atoms with Gasteiger partial charge in [-0.15, -0.1) is 0 Å². The molecule has 1 heterocycles. The molecule has 0 saturated carbocycles. The van der Waals surface area contributed by atoms with Crippen LogP contribution in [0.5, 0.6) is 5.75 Å². The Labute approximate surface area is 143 Å². The van der Waals surface area contributed by atoms with Crippen LogP contribution in [0.1, 0.15) is 41.3 Å². The molecule has 2 aromatic rings. The molecular weight excluding hydrogens is 308 g/mol. The predicted molar refractivity (Wildman–Crippen MR) is 94.9 cm³/mol. The molecule has 0 fully saturated rings. The Balaban J connectivity index is 1.92. The highest BCUT2D eigenvalue weighted by Crippen LogP contribution is 2.42. The Morgan fingerprint density at radius 3 is 2.57 bits per heavy atom. The normalized spacial score (nSPS) is 18.7. The largest absolute Gasteiger partial charge is 0.497 e. The van der Waals surface area contributed by atoms with Gasteiger partial charge in [-0.05, 0) is 54.3 Å². The molecule has 23 heavy (non-hydrogen) atoms. The summed E-state index contributed by atoms with van der Waals surface area (Å²) < 4.78 is 5.25. The summed E-state index contributed by atoms with van der Waals surface area (Å²) in [6.07, 6.45) is 0. The van der Waals surface area contributed by atoms with Crippen LogP contribution in [0.15, 0.2) is 36.4 Å². The van der Waals surface area contributed by atoms with Gasteiger partial charge < -0.3 is 10.5 Å². The van der Waals surface area contributed by atoms with Gasteiger partial charge in [-0.25, -0.2) is 0 Å². The molecule has 0 bridgehead atoms. The van der Waals surface area contributed by atoms with Gasteiger partial charge in [0.05, 0.1) is 7.11 Å². The number of nitrogens with two attached hydrogens (primary N) is 1. The minimum atomic E-state index is 0.234. The van der Waals surface area contributed by atoms with Gasteiger partial charge in [0.15, 0.2) is 0 Å². The van der Waals surface area contributed by atoms with Crippen molar-refractivity contribution in [2.75, 3.05) is 13.7 Å². The molecule has 3 nitrogen and oxygen atoms in total. The van der Waals surface area contributed by atoms with Crippen LogP contribution in [-0.2, 0) is 6.54 Å². The number of benzene rings is 2. The Morgan fingerprint density at radius 2 is 1.96 bits per heavy atom. The summed E-state index contributed by atoms with van der Waals surface area (Å²) in [5.41, 5.74) is 11.2. The first kappa shape index (κ1) is 16.3. The number of hydrogen-bond donors (Lipinski definition) is 1. The minimum absolute atomic E-state index is 0.234. The van der Waals surface area contributed by atoms with E-state index in [4.69, 9.17) is 22.1 Å². The fraction of sp³-hybridized carbons (Fsp3) is 0.368. The molecular formula is C19H23ClN2O. The molecule has 1 aliphatic rings. The van der Waals surface area contributed by atoms with Crippen LogP contribution in [0.2, 0.25) is 5.02 Å². The Kier molecular flexibility index (Phi) is 4.62. The van der Waals surface area contributed by atoms with Crippen molar-refractivity contribution in [3.8, 4) is 5.75 Å². The number of halogens is 1. The van der Waals surface area contributed by atoms with Crippen molar-refractivity contribution in [3.05, 3.63) is 63.7 Å².